The Hall–Kier alpha value is -4.54. The molecule has 3 N–H and O–H groups in total. The normalized spacial score (nSPS) is 14.7. The maximum atomic E-state index is 13.7. The molecule has 218 valence electrons. The summed E-state index contributed by atoms with van der Waals surface area (Å²) in [7, 11) is 6.41. The third-order valence-corrected chi connectivity index (χ3v) is 7.15. The molecule has 3 aromatic rings. The van der Waals surface area contributed by atoms with Gasteiger partial charge in [-0.05, 0) is 53.6 Å². The van der Waals surface area contributed by atoms with E-state index in [2.05, 4.69) is 21.0 Å². The Balaban J connectivity index is 1.86. The number of hydrogen-bond donors (Lipinski definition) is 3. The van der Waals surface area contributed by atoms with E-state index < -0.39 is 12.1 Å². The van der Waals surface area contributed by atoms with Crippen LogP contribution in [0, 0.1) is 5.92 Å². The van der Waals surface area contributed by atoms with Crippen molar-refractivity contribution < 1.29 is 23.8 Å². The van der Waals surface area contributed by atoms with Crippen molar-refractivity contribution in [3.8, 4) is 28.4 Å². The summed E-state index contributed by atoms with van der Waals surface area (Å²) in [5.74, 6) is 0.777. The molecule has 0 fully saturated rings. The van der Waals surface area contributed by atoms with Crippen molar-refractivity contribution in [2.75, 3.05) is 32.0 Å². The zero-order valence-electron chi connectivity index (χ0n) is 24.5. The number of amides is 2. The predicted molar refractivity (Wildman–Crippen MR) is 157 cm³/mol. The number of carbonyl (C=O) groups excluding carboxylic acids is 2. The van der Waals surface area contributed by atoms with Gasteiger partial charge in [-0.15, -0.1) is 0 Å². The fourth-order valence-corrected chi connectivity index (χ4v) is 5.24. The number of anilines is 2. The second-order valence-electron chi connectivity index (χ2n) is 10.4. The Bertz CT molecular complexity index is 1520. The monoisotopic (exact) mass is 563 g/mol. The molecule has 1 aliphatic carbocycles. The number of nitrogens with zero attached hydrogens (tertiary/aromatic N) is 2. The third kappa shape index (κ3) is 6.13. The zero-order chi connectivity index (χ0) is 29.8. The summed E-state index contributed by atoms with van der Waals surface area (Å²) in [6.07, 6.45) is 4.40. The van der Waals surface area contributed by atoms with E-state index in [1.165, 1.54) is 20.1 Å². The Kier molecular flexibility index (Phi) is 8.85. The smallest absolute Gasteiger partial charge is 0.247 e. The molecule has 11 heteroatoms. The van der Waals surface area contributed by atoms with Crippen molar-refractivity contribution in [3.63, 3.8) is 0 Å². The average Bonchev–Trinajstić information content (AvgIpc) is 3.19. The lowest BCUT2D eigenvalue weighted by Gasteiger charge is -2.21. The lowest BCUT2D eigenvalue weighted by atomic mass is 9.95. The van der Waals surface area contributed by atoms with E-state index in [1.807, 2.05) is 26.0 Å². The highest BCUT2D eigenvalue weighted by Gasteiger charge is 2.30. The highest BCUT2D eigenvalue weighted by molar-refractivity contribution is 5.96. The fourth-order valence-electron chi connectivity index (χ4n) is 5.24. The SMILES string of the molecule is COc1cc2c(c(OC)c1OC)-c1ccc(N[C@H](C(=O)Nc3cnn(C)c3)C(C)C)c(=O)cc1[C@@H](NC(C)=O)CC2. The molecular formula is C30H37N5O6. The van der Waals surface area contributed by atoms with Crippen LogP contribution in [0.1, 0.15) is 44.4 Å². The Morgan fingerprint density at radius 3 is 2.39 bits per heavy atom. The number of benzene rings is 1. The Labute approximate surface area is 239 Å². The van der Waals surface area contributed by atoms with Gasteiger partial charge in [0.15, 0.2) is 11.5 Å². The summed E-state index contributed by atoms with van der Waals surface area (Å²) < 4.78 is 18.7. The molecule has 0 bridgehead atoms. The van der Waals surface area contributed by atoms with Crippen LogP contribution in [0.15, 0.2) is 41.5 Å². The van der Waals surface area contributed by atoms with Crippen molar-refractivity contribution >= 4 is 23.2 Å². The molecule has 2 amide bonds. The van der Waals surface area contributed by atoms with Crippen LogP contribution in [0.5, 0.6) is 17.2 Å². The Morgan fingerprint density at radius 1 is 1.07 bits per heavy atom. The first-order valence-electron chi connectivity index (χ1n) is 13.4. The number of aryl methyl sites for hydroxylation is 2. The minimum atomic E-state index is -0.706. The lowest BCUT2D eigenvalue weighted by Crippen LogP contribution is -2.39. The van der Waals surface area contributed by atoms with E-state index in [9.17, 15) is 14.4 Å². The summed E-state index contributed by atoms with van der Waals surface area (Å²) >= 11 is 0. The van der Waals surface area contributed by atoms with Gasteiger partial charge in [0.1, 0.15) is 6.04 Å². The van der Waals surface area contributed by atoms with Gasteiger partial charge in [-0.3, -0.25) is 19.1 Å². The molecule has 0 saturated carbocycles. The van der Waals surface area contributed by atoms with Gasteiger partial charge < -0.3 is 30.2 Å². The predicted octanol–water partition coefficient (Wildman–Crippen LogP) is 3.67. The molecule has 11 nitrogen and oxygen atoms in total. The molecule has 0 aliphatic heterocycles. The van der Waals surface area contributed by atoms with Crippen LogP contribution >= 0.6 is 0 Å². The summed E-state index contributed by atoms with van der Waals surface area (Å²) in [6.45, 7) is 5.25. The fraction of sp³-hybridized carbons (Fsp3) is 0.400. The van der Waals surface area contributed by atoms with Crippen molar-refractivity contribution in [2.24, 2.45) is 13.0 Å². The Morgan fingerprint density at radius 2 is 1.80 bits per heavy atom. The average molecular weight is 564 g/mol. The van der Waals surface area contributed by atoms with E-state index in [-0.39, 0.29) is 28.8 Å². The lowest BCUT2D eigenvalue weighted by molar-refractivity contribution is -0.120. The molecule has 2 atom stereocenters. The zero-order valence-corrected chi connectivity index (χ0v) is 24.5. The van der Waals surface area contributed by atoms with Gasteiger partial charge in [0.25, 0.3) is 0 Å². The number of ether oxygens (including phenoxy) is 3. The third-order valence-electron chi connectivity index (χ3n) is 7.15. The van der Waals surface area contributed by atoms with Crippen LogP contribution in [-0.4, -0.2) is 49.0 Å². The number of aromatic nitrogens is 2. The highest BCUT2D eigenvalue weighted by Crippen LogP contribution is 2.50. The molecule has 41 heavy (non-hydrogen) atoms. The number of fused-ring (bicyclic) bond motifs is 3. The number of carbonyl (C=O) groups is 2. The second kappa shape index (κ2) is 12.3. The van der Waals surface area contributed by atoms with E-state index in [4.69, 9.17) is 14.2 Å². The van der Waals surface area contributed by atoms with Gasteiger partial charge in [0, 0.05) is 25.7 Å². The quantitative estimate of drug-likeness (QED) is 0.359. The topological polar surface area (TPSA) is 133 Å². The maximum Gasteiger partial charge on any atom is 0.247 e. The minimum Gasteiger partial charge on any atom is -0.493 e. The first kappa shape index (κ1) is 29.4. The van der Waals surface area contributed by atoms with Crippen LogP contribution in [0.4, 0.5) is 11.4 Å². The standard InChI is InChI=1S/C30H37N5O6/c1-16(2)27(30(38)33-19-14-31-35(4)15-19)34-23-11-9-20-21(13-24(23)37)22(32-17(3)36)10-8-18-12-25(39-5)28(40-6)29(41-7)26(18)20/h9,11-16,22,27H,8,10H2,1-7H3,(H,32,36)(H,33,38)(H,34,37)/t22-,27-/m0/s1. The summed E-state index contributed by atoms with van der Waals surface area (Å²) in [5, 5.41) is 13.1. The largest absolute Gasteiger partial charge is 0.493 e. The summed E-state index contributed by atoms with van der Waals surface area (Å²) in [5.41, 5.74) is 3.53. The molecule has 0 unspecified atom stereocenters. The first-order chi connectivity index (χ1) is 19.6. The number of rotatable bonds is 9. The van der Waals surface area contributed by atoms with E-state index in [1.54, 1.807) is 44.4 Å². The summed E-state index contributed by atoms with van der Waals surface area (Å²) in [4.78, 5) is 39.1. The molecule has 1 aliphatic rings. The molecule has 0 spiro atoms. The molecule has 2 aromatic carbocycles. The summed E-state index contributed by atoms with van der Waals surface area (Å²) in [6, 6.07) is 5.78. The highest BCUT2D eigenvalue weighted by atomic mass is 16.5. The maximum absolute atomic E-state index is 13.7. The van der Waals surface area contributed by atoms with Crippen LogP contribution in [0.2, 0.25) is 0 Å². The molecule has 4 rings (SSSR count). The molecule has 1 aromatic heterocycles. The van der Waals surface area contributed by atoms with Gasteiger partial charge in [0.05, 0.1) is 44.9 Å². The molecule has 0 saturated heterocycles. The van der Waals surface area contributed by atoms with Crippen molar-refractivity contribution in [1.82, 2.24) is 15.1 Å². The number of nitrogens with one attached hydrogen (secondary N) is 3. The van der Waals surface area contributed by atoms with E-state index >= 15 is 0 Å². The van der Waals surface area contributed by atoms with Crippen molar-refractivity contribution in [3.05, 3.63) is 58.0 Å². The number of hydrogen-bond acceptors (Lipinski definition) is 8. The molecule has 1 heterocycles. The van der Waals surface area contributed by atoms with E-state index in [0.29, 0.717) is 46.9 Å². The molecular weight excluding hydrogens is 526 g/mol. The van der Waals surface area contributed by atoms with Gasteiger partial charge in [-0.25, -0.2) is 0 Å². The second-order valence-corrected chi connectivity index (χ2v) is 10.4. The van der Waals surface area contributed by atoms with Gasteiger partial charge in [-0.2, -0.15) is 5.10 Å². The van der Waals surface area contributed by atoms with Crippen LogP contribution in [-0.2, 0) is 23.1 Å². The van der Waals surface area contributed by atoms with Crippen LogP contribution in [0.3, 0.4) is 0 Å². The minimum absolute atomic E-state index is 0.140. The first-order valence-corrected chi connectivity index (χ1v) is 13.4. The van der Waals surface area contributed by atoms with Gasteiger partial charge in [-0.1, -0.05) is 19.9 Å². The van der Waals surface area contributed by atoms with Gasteiger partial charge in [0.2, 0.25) is 23.0 Å². The van der Waals surface area contributed by atoms with Gasteiger partial charge >= 0.3 is 0 Å². The molecule has 0 radical (unpaired) electrons. The van der Waals surface area contributed by atoms with Crippen molar-refractivity contribution in [2.45, 2.75) is 45.7 Å². The van der Waals surface area contributed by atoms with Crippen LogP contribution in [0.25, 0.3) is 11.1 Å². The van der Waals surface area contributed by atoms with Crippen molar-refractivity contribution in [1.29, 1.82) is 0 Å². The van der Waals surface area contributed by atoms with Crippen LogP contribution < -0.4 is 35.6 Å². The van der Waals surface area contributed by atoms with E-state index in [0.717, 1.165) is 11.1 Å². The number of methoxy groups -OCH3 is 3.